The number of ketones is 1. The summed E-state index contributed by atoms with van der Waals surface area (Å²) in [6, 6.07) is 10.4. The van der Waals surface area contributed by atoms with Crippen molar-refractivity contribution < 1.29 is 19.4 Å². The van der Waals surface area contributed by atoms with Crippen LogP contribution in [0.4, 0.5) is 0 Å². The zero-order valence-corrected chi connectivity index (χ0v) is 13.7. The summed E-state index contributed by atoms with van der Waals surface area (Å²) in [7, 11) is 3.05. The standard InChI is InChI=1S/C19H20O4/c1-12-5-6-14(9-13(12)2)16(20)11-17(21)15-7-8-18(22-3)19(10-15)23-4/h5-11,21H,1-4H3/b17-11-. The van der Waals surface area contributed by atoms with E-state index in [2.05, 4.69) is 0 Å². The maximum Gasteiger partial charge on any atom is 0.189 e. The minimum Gasteiger partial charge on any atom is -0.507 e. The fraction of sp³-hybridized carbons (Fsp3) is 0.211. The molecule has 0 heterocycles. The number of carbonyl (C=O) groups is 1. The van der Waals surface area contributed by atoms with Crippen molar-refractivity contribution in [3.63, 3.8) is 0 Å². The van der Waals surface area contributed by atoms with Gasteiger partial charge in [0.25, 0.3) is 0 Å². The van der Waals surface area contributed by atoms with Crippen LogP contribution in [-0.2, 0) is 0 Å². The van der Waals surface area contributed by atoms with Crippen molar-refractivity contribution in [1.29, 1.82) is 0 Å². The number of carbonyl (C=O) groups excluding carboxylic acids is 1. The van der Waals surface area contributed by atoms with Crippen molar-refractivity contribution >= 4 is 11.5 Å². The summed E-state index contributed by atoms with van der Waals surface area (Å²) in [5.41, 5.74) is 3.18. The minimum atomic E-state index is -0.250. The normalized spacial score (nSPS) is 11.2. The van der Waals surface area contributed by atoms with Crippen molar-refractivity contribution in [1.82, 2.24) is 0 Å². The number of rotatable bonds is 5. The number of hydrogen-bond acceptors (Lipinski definition) is 4. The van der Waals surface area contributed by atoms with E-state index in [-0.39, 0.29) is 11.5 Å². The third kappa shape index (κ3) is 3.72. The van der Waals surface area contributed by atoms with Gasteiger partial charge in [0.2, 0.25) is 0 Å². The Morgan fingerprint density at radius 1 is 0.913 bits per heavy atom. The Labute approximate surface area is 136 Å². The predicted molar refractivity (Wildman–Crippen MR) is 90.4 cm³/mol. The third-order valence-electron chi connectivity index (χ3n) is 3.74. The summed E-state index contributed by atoms with van der Waals surface area (Å²) in [5, 5.41) is 10.2. The number of allylic oxidation sites excluding steroid dienone is 1. The number of aliphatic hydroxyl groups is 1. The number of aryl methyl sites for hydroxylation is 2. The van der Waals surface area contributed by atoms with Crippen molar-refractivity contribution in [3.8, 4) is 11.5 Å². The molecule has 120 valence electrons. The van der Waals surface area contributed by atoms with Crippen LogP contribution in [0.25, 0.3) is 5.76 Å². The second-order valence-corrected chi connectivity index (χ2v) is 5.26. The molecule has 4 nitrogen and oxygen atoms in total. The summed E-state index contributed by atoms with van der Waals surface area (Å²) in [6.07, 6.45) is 1.21. The van der Waals surface area contributed by atoms with Gasteiger partial charge in [-0.1, -0.05) is 12.1 Å². The number of benzene rings is 2. The molecule has 0 spiro atoms. The van der Waals surface area contributed by atoms with Gasteiger partial charge in [0.1, 0.15) is 5.76 Å². The van der Waals surface area contributed by atoms with Crippen LogP contribution in [0.1, 0.15) is 27.0 Å². The Morgan fingerprint density at radius 2 is 1.57 bits per heavy atom. The van der Waals surface area contributed by atoms with Crippen LogP contribution in [0.5, 0.6) is 11.5 Å². The van der Waals surface area contributed by atoms with Gasteiger partial charge in [-0.3, -0.25) is 4.79 Å². The second-order valence-electron chi connectivity index (χ2n) is 5.26. The summed E-state index contributed by atoms with van der Waals surface area (Å²) in [5.74, 6) is 0.683. The molecule has 0 aliphatic rings. The van der Waals surface area contributed by atoms with Gasteiger partial charge < -0.3 is 14.6 Å². The van der Waals surface area contributed by atoms with Gasteiger partial charge in [-0.05, 0) is 49.2 Å². The zero-order valence-electron chi connectivity index (χ0n) is 13.7. The van der Waals surface area contributed by atoms with Crippen molar-refractivity contribution in [3.05, 3.63) is 64.7 Å². The molecule has 23 heavy (non-hydrogen) atoms. The van der Waals surface area contributed by atoms with E-state index in [9.17, 15) is 9.90 Å². The smallest absolute Gasteiger partial charge is 0.189 e. The number of methoxy groups -OCH3 is 2. The first-order valence-corrected chi connectivity index (χ1v) is 7.21. The Balaban J connectivity index is 2.31. The molecule has 0 bridgehead atoms. The van der Waals surface area contributed by atoms with Crippen LogP contribution in [-0.4, -0.2) is 25.1 Å². The van der Waals surface area contributed by atoms with Gasteiger partial charge in [-0.2, -0.15) is 0 Å². The molecule has 0 amide bonds. The molecule has 0 aromatic heterocycles. The number of hydrogen-bond donors (Lipinski definition) is 1. The van der Waals surface area contributed by atoms with Crippen LogP contribution in [0, 0.1) is 13.8 Å². The molecule has 0 radical (unpaired) electrons. The van der Waals surface area contributed by atoms with Gasteiger partial charge in [0.15, 0.2) is 17.3 Å². The summed E-state index contributed by atoms with van der Waals surface area (Å²) in [6.45, 7) is 3.94. The van der Waals surface area contributed by atoms with Gasteiger partial charge in [-0.25, -0.2) is 0 Å². The lowest BCUT2D eigenvalue weighted by Gasteiger charge is -2.09. The van der Waals surface area contributed by atoms with E-state index in [0.29, 0.717) is 22.6 Å². The molecule has 2 aromatic rings. The fourth-order valence-corrected chi connectivity index (χ4v) is 2.18. The lowest BCUT2D eigenvalue weighted by Crippen LogP contribution is -1.98. The molecule has 1 N–H and O–H groups in total. The molecule has 0 fully saturated rings. The van der Waals surface area contributed by atoms with Crippen LogP contribution in [0.3, 0.4) is 0 Å². The molecular weight excluding hydrogens is 292 g/mol. The van der Waals surface area contributed by atoms with Crippen LogP contribution in [0.15, 0.2) is 42.5 Å². The van der Waals surface area contributed by atoms with Crippen LogP contribution >= 0.6 is 0 Å². The summed E-state index contributed by atoms with van der Waals surface area (Å²) < 4.78 is 10.3. The van der Waals surface area contributed by atoms with Gasteiger partial charge >= 0.3 is 0 Å². The highest BCUT2D eigenvalue weighted by molar-refractivity contribution is 6.08. The number of aliphatic hydroxyl groups excluding tert-OH is 1. The largest absolute Gasteiger partial charge is 0.507 e. The summed E-state index contributed by atoms with van der Waals surface area (Å²) >= 11 is 0. The van der Waals surface area contributed by atoms with E-state index < -0.39 is 0 Å². The maximum atomic E-state index is 12.3. The molecule has 2 rings (SSSR count). The molecule has 0 atom stereocenters. The first-order valence-electron chi connectivity index (χ1n) is 7.21. The molecule has 4 heteroatoms. The summed E-state index contributed by atoms with van der Waals surface area (Å²) in [4.78, 5) is 12.3. The first kappa shape index (κ1) is 16.6. The first-order chi connectivity index (χ1) is 11.0. The topological polar surface area (TPSA) is 55.8 Å². The molecule has 0 unspecified atom stereocenters. The van der Waals surface area contributed by atoms with E-state index >= 15 is 0 Å². The fourth-order valence-electron chi connectivity index (χ4n) is 2.18. The quantitative estimate of drug-likeness (QED) is 0.513. The monoisotopic (exact) mass is 312 g/mol. The SMILES string of the molecule is COc1ccc(/C(O)=C/C(=O)c2ccc(C)c(C)c2)cc1OC. The molecule has 0 saturated heterocycles. The molecule has 0 aliphatic carbocycles. The highest BCUT2D eigenvalue weighted by atomic mass is 16.5. The van der Waals surface area contributed by atoms with Crippen molar-refractivity contribution in [2.75, 3.05) is 14.2 Å². The lowest BCUT2D eigenvalue weighted by atomic mass is 10.0. The highest BCUT2D eigenvalue weighted by Gasteiger charge is 2.10. The maximum absolute atomic E-state index is 12.3. The Bertz CT molecular complexity index is 760. The Kier molecular flexibility index (Phi) is 5.06. The Hall–Kier alpha value is -2.75. The van der Waals surface area contributed by atoms with Gasteiger partial charge in [-0.15, -0.1) is 0 Å². The molecule has 0 saturated carbocycles. The van der Waals surface area contributed by atoms with E-state index in [1.165, 1.54) is 20.3 Å². The highest BCUT2D eigenvalue weighted by Crippen LogP contribution is 2.29. The zero-order chi connectivity index (χ0) is 17.0. The van der Waals surface area contributed by atoms with E-state index in [4.69, 9.17) is 9.47 Å². The van der Waals surface area contributed by atoms with Crippen molar-refractivity contribution in [2.24, 2.45) is 0 Å². The number of ether oxygens (including phenoxy) is 2. The van der Waals surface area contributed by atoms with Gasteiger partial charge in [0, 0.05) is 17.2 Å². The second kappa shape index (κ2) is 7.01. The average Bonchev–Trinajstić information content (AvgIpc) is 2.56. The average molecular weight is 312 g/mol. The minimum absolute atomic E-state index is 0.116. The Morgan fingerprint density at radius 3 is 2.17 bits per heavy atom. The van der Waals surface area contributed by atoms with E-state index in [1.54, 1.807) is 24.3 Å². The molecule has 0 aliphatic heterocycles. The van der Waals surface area contributed by atoms with E-state index in [0.717, 1.165) is 11.1 Å². The van der Waals surface area contributed by atoms with Crippen LogP contribution in [0.2, 0.25) is 0 Å². The lowest BCUT2D eigenvalue weighted by molar-refractivity contribution is 0.104. The van der Waals surface area contributed by atoms with Crippen molar-refractivity contribution in [2.45, 2.75) is 13.8 Å². The van der Waals surface area contributed by atoms with Crippen LogP contribution < -0.4 is 9.47 Å². The molecule has 2 aromatic carbocycles. The van der Waals surface area contributed by atoms with E-state index in [1.807, 2.05) is 26.0 Å². The molecular formula is C19H20O4. The third-order valence-corrected chi connectivity index (χ3v) is 3.74. The van der Waals surface area contributed by atoms with Gasteiger partial charge in [0.05, 0.1) is 14.2 Å². The predicted octanol–water partition coefficient (Wildman–Crippen LogP) is 4.10.